The predicted molar refractivity (Wildman–Crippen MR) is 69.1 cm³/mol. The van der Waals surface area contributed by atoms with E-state index >= 15 is 0 Å². The van der Waals surface area contributed by atoms with Crippen LogP contribution in [0.5, 0.6) is 0 Å². The molecule has 0 bridgehead atoms. The molecule has 2 aliphatic rings. The first kappa shape index (κ1) is 12.7. The van der Waals surface area contributed by atoms with Gasteiger partial charge in [-0.05, 0) is 32.4 Å². The predicted octanol–water partition coefficient (Wildman–Crippen LogP) is 1.71. The summed E-state index contributed by atoms with van der Waals surface area (Å²) in [5.74, 6) is 0. The summed E-state index contributed by atoms with van der Waals surface area (Å²) in [7, 11) is 0. The number of piperidine rings is 1. The molecule has 4 heteroatoms. The minimum absolute atomic E-state index is 0.0765. The molecule has 0 atom stereocenters. The van der Waals surface area contributed by atoms with Gasteiger partial charge in [0.1, 0.15) is 0 Å². The van der Waals surface area contributed by atoms with Crippen LogP contribution in [0.1, 0.15) is 45.4 Å². The Balaban J connectivity index is 1.78. The third-order valence-corrected chi connectivity index (χ3v) is 4.00. The highest BCUT2D eigenvalue weighted by atomic mass is 16.2. The lowest BCUT2D eigenvalue weighted by Gasteiger charge is -2.33. The van der Waals surface area contributed by atoms with Crippen LogP contribution in [0.3, 0.4) is 0 Å². The van der Waals surface area contributed by atoms with Crippen molar-refractivity contribution in [2.45, 2.75) is 51.0 Å². The van der Waals surface area contributed by atoms with E-state index < -0.39 is 0 Å². The fraction of sp³-hybridized carbons (Fsp3) is 0.923. The molecule has 0 radical (unpaired) electrons. The maximum absolute atomic E-state index is 11.9. The van der Waals surface area contributed by atoms with E-state index in [0.717, 1.165) is 45.4 Å². The maximum Gasteiger partial charge on any atom is 0.317 e. The van der Waals surface area contributed by atoms with Gasteiger partial charge in [0.2, 0.25) is 0 Å². The second-order valence-electron chi connectivity index (χ2n) is 5.44. The summed E-state index contributed by atoms with van der Waals surface area (Å²) in [6.07, 6.45) is 7.07. The Kier molecular flexibility index (Phi) is 4.26. The Bertz CT molecular complexity index is 261. The van der Waals surface area contributed by atoms with E-state index in [1.54, 1.807) is 0 Å². The lowest BCUT2D eigenvalue weighted by Crippen LogP contribution is -2.51. The van der Waals surface area contributed by atoms with Crippen molar-refractivity contribution in [1.29, 1.82) is 0 Å². The number of amides is 2. The molecular weight excluding hydrogens is 214 g/mol. The van der Waals surface area contributed by atoms with Gasteiger partial charge in [0.15, 0.2) is 0 Å². The molecule has 0 aromatic heterocycles. The zero-order valence-corrected chi connectivity index (χ0v) is 10.9. The second kappa shape index (κ2) is 5.71. The summed E-state index contributed by atoms with van der Waals surface area (Å²) in [6.45, 7) is 6.13. The van der Waals surface area contributed by atoms with E-state index in [1.807, 2.05) is 4.90 Å². The number of unbranched alkanes of at least 4 members (excludes halogenated alkanes) is 3. The minimum Gasteiger partial charge on any atom is -0.331 e. The Morgan fingerprint density at radius 1 is 1.24 bits per heavy atom. The summed E-state index contributed by atoms with van der Waals surface area (Å²) in [5, 5.41) is 6.56. The van der Waals surface area contributed by atoms with Gasteiger partial charge in [-0.3, -0.25) is 0 Å². The normalized spacial score (nSPS) is 23.1. The number of nitrogens with one attached hydrogen (secondary N) is 2. The topological polar surface area (TPSA) is 44.4 Å². The van der Waals surface area contributed by atoms with Gasteiger partial charge in [0.25, 0.3) is 0 Å². The molecule has 0 aromatic rings. The number of nitrogens with zero attached hydrogens (tertiary/aromatic N) is 1. The number of carbonyl (C=O) groups excluding carboxylic acids is 1. The van der Waals surface area contributed by atoms with Crippen molar-refractivity contribution in [3.63, 3.8) is 0 Å². The molecule has 2 N–H and O–H groups in total. The van der Waals surface area contributed by atoms with Gasteiger partial charge in [-0.25, -0.2) is 4.79 Å². The van der Waals surface area contributed by atoms with Crippen LogP contribution in [0.4, 0.5) is 4.79 Å². The van der Waals surface area contributed by atoms with Gasteiger partial charge < -0.3 is 15.5 Å². The van der Waals surface area contributed by atoms with Crippen LogP contribution >= 0.6 is 0 Å². The summed E-state index contributed by atoms with van der Waals surface area (Å²) < 4.78 is 0. The average molecular weight is 239 g/mol. The lowest BCUT2D eigenvalue weighted by atomic mass is 9.89. The van der Waals surface area contributed by atoms with E-state index in [1.165, 1.54) is 19.3 Å². The van der Waals surface area contributed by atoms with Crippen LogP contribution in [0.25, 0.3) is 0 Å². The highest BCUT2D eigenvalue weighted by Crippen LogP contribution is 2.25. The molecule has 0 unspecified atom stereocenters. The summed E-state index contributed by atoms with van der Waals surface area (Å²) in [6, 6.07) is 0.156. The monoisotopic (exact) mass is 239 g/mol. The average Bonchev–Trinajstić information content (AvgIpc) is 2.62. The molecule has 0 aromatic carbocycles. The van der Waals surface area contributed by atoms with E-state index in [4.69, 9.17) is 0 Å². The molecule has 0 saturated carbocycles. The molecule has 0 aliphatic carbocycles. The van der Waals surface area contributed by atoms with Crippen molar-refractivity contribution in [3.05, 3.63) is 0 Å². The van der Waals surface area contributed by atoms with Gasteiger partial charge in [-0.15, -0.1) is 0 Å². The van der Waals surface area contributed by atoms with Crippen LogP contribution in [-0.2, 0) is 0 Å². The SMILES string of the molecule is CCCCCCN1CC2(CCNCC2)NC1=O. The molecule has 2 fully saturated rings. The molecule has 2 heterocycles. The molecule has 1 spiro atoms. The molecule has 98 valence electrons. The second-order valence-corrected chi connectivity index (χ2v) is 5.44. The van der Waals surface area contributed by atoms with E-state index in [0.29, 0.717) is 0 Å². The first-order valence-electron chi connectivity index (χ1n) is 7.04. The molecule has 17 heavy (non-hydrogen) atoms. The summed E-state index contributed by atoms with van der Waals surface area (Å²) in [4.78, 5) is 13.9. The Morgan fingerprint density at radius 3 is 2.71 bits per heavy atom. The van der Waals surface area contributed by atoms with Gasteiger partial charge in [0, 0.05) is 13.1 Å². The van der Waals surface area contributed by atoms with Crippen LogP contribution in [0, 0.1) is 0 Å². The molecular formula is C13H25N3O. The van der Waals surface area contributed by atoms with Gasteiger partial charge in [-0.1, -0.05) is 26.2 Å². The van der Waals surface area contributed by atoms with Gasteiger partial charge in [-0.2, -0.15) is 0 Å². The lowest BCUT2D eigenvalue weighted by molar-refractivity contribution is 0.216. The van der Waals surface area contributed by atoms with Crippen molar-refractivity contribution in [3.8, 4) is 0 Å². The number of hydrogen-bond donors (Lipinski definition) is 2. The number of rotatable bonds is 5. The van der Waals surface area contributed by atoms with Gasteiger partial charge >= 0.3 is 6.03 Å². The first-order chi connectivity index (χ1) is 8.26. The fourth-order valence-corrected chi connectivity index (χ4v) is 2.88. The van der Waals surface area contributed by atoms with E-state index in [9.17, 15) is 4.79 Å². The van der Waals surface area contributed by atoms with Crippen LogP contribution < -0.4 is 10.6 Å². The quantitative estimate of drug-likeness (QED) is 0.717. The Morgan fingerprint density at radius 2 is 2.00 bits per heavy atom. The smallest absolute Gasteiger partial charge is 0.317 e. The summed E-state index contributed by atoms with van der Waals surface area (Å²) >= 11 is 0. The highest BCUT2D eigenvalue weighted by molar-refractivity contribution is 5.78. The third-order valence-electron chi connectivity index (χ3n) is 4.00. The van der Waals surface area contributed by atoms with Crippen LogP contribution in [-0.4, -0.2) is 42.6 Å². The van der Waals surface area contributed by atoms with Gasteiger partial charge in [0.05, 0.1) is 5.54 Å². The highest BCUT2D eigenvalue weighted by Gasteiger charge is 2.42. The summed E-state index contributed by atoms with van der Waals surface area (Å²) in [5.41, 5.74) is 0.0765. The molecule has 2 rings (SSSR count). The molecule has 2 aliphatic heterocycles. The van der Waals surface area contributed by atoms with Crippen molar-refractivity contribution in [2.75, 3.05) is 26.2 Å². The zero-order chi connectivity index (χ0) is 12.1. The van der Waals surface area contributed by atoms with E-state index in [-0.39, 0.29) is 11.6 Å². The van der Waals surface area contributed by atoms with E-state index in [2.05, 4.69) is 17.6 Å². The Hall–Kier alpha value is -0.770. The molecule has 4 nitrogen and oxygen atoms in total. The molecule has 2 saturated heterocycles. The Labute approximate surface area is 104 Å². The van der Waals surface area contributed by atoms with Crippen LogP contribution in [0.15, 0.2) is 0 Å². The van der Waals surface area contributed by atoms with Crippen LogP contribution in [0.2, 0.25) is 0 Å². The maximum atomic E-state index is 11.9. The van der Waals surface area contributed by atoms with Crippen molar-refractivity contribution < 1.29 is 4.79 Å². The standard InChI is InChI=1S/C13H25N3O/c1-2-3-4-5-10-16-11-13(15-12(16)17)6-8-14-9-7-13/h14H,2-11H2,1H3,(H,15,17). The number of carbonyl (C=O) groups is 1. The minimum atomic E-state index is 0.0765. The van der Waals surface area contributed by atoms with Crippen molar-refractivity contribution in [1.82, 2.24) is 15.5 Å². The van der Waals surface area contributed by atoms with Crippen molar-refractivity contribution >= 4 is 6.03 Å². The van der Waals surface area contributed by atoms with Crippen molar-refractivity contribution in [2.24, 2.45) is 0 Å². The fourth-order valence-electron chi connectivity index (χ4n) is 2.88. The third kappa shape index (κ3) is 3.12. The first-order valence-corrected chi connectivity index (χ1v) is 7.04. The zero-order valence-electron chi connectivity index (χ0n) is 10.9. The number of urea groups is 1. The largest absolute Gasteiger partial charge is 0.331 e. The molecule has 2 amide bonds. The number of hydrogen-bond acceptors (Lipinski definition) is 2.